The molecule has 0 bridgehead atoms. The first-order chi connectivity index (χ1) is 17.1. The molecule has 4 nitrogen and oxygen atoms in total. The van der Waals surface area contributed by atoms with Crippen molar-refractivity contribution in [3.05, 3.63) is 92.7 Å². The van der Waals surface area contributed by atoms with Crippen molar-refractivity contribution in [2.24, 2.45) is 0 Å². The van der Waals surface area contributed by atoms with Gasteiger partial charge in [0.2, 0.25) is 5.91 Å². The smallest absolute Gasteiger partial charge is 0.254 e. The highest BCUT2D eigenvalue weighted by molar-refractivity contribution is 7.10. The first-order valence-electron chi connectivity index (χ1n) is 12.9. The summed E-state index contributed by atoms with van der Waals surface area (Å²) in [5.74, 6) is -0.0844. The minimum Gasteiger partial charge on any atom is -0.330 e. The highest BCUT2D eigenvalue weighted by Gasteiger charge is 2.35. The van der Waals surface area contributed by atoms with Crippen LogP contribution < -0.4 is 0 Å². The molecule has 0 N–H and O–H groups in total. The highest BCUT2D eigenvalue weighted by Crippen LogP contribution is 2.39. The summed E-state index contributed by atoms with van der Waals surface area (Å²) in [5.41, 5.74) is 5.38. The molecule has 3 aromatic rings. The lowest BCUT2D eigenvalue weighted by atomic mass is 9.86. The van der Waals surface area contributed by atoms with Gasteiger partial charge in [0.05, 0.1) is 6.04 Å². The lowest BCUT2D eigenvalue weighted by Gasteiger charge is -2.39. The molecule has 1 aliphatic heterocycles. The molecule has 190 valence electrons. The fourth-order valence-corrected chi connectivity index (χ4v) is 5.88. The predicted octanol–water partition coefficient (Wildman–Crippen LogP) is 6.77. The van der Waals surface area contributed by atoms with Gasteiger partial charge in [0.1, 0.15) is 6.54 Å². The van der Waals surface area contributed by atoms with Gasteiger partial charge in [0.15, 0.2) is 0 Å². The van der Waals surface area contributed by atoms with Crippen LogP contribution in [0.3, 0.4) is 0 Å². The molecular weight excluding hydrogens is 464 g/mol. The van der Waals surface area contributed by atoms with Gasteiger partial charge in [0.25, 0.3) is 5.91 Å². The van der Waals surface area contributed by atoms with Crippen molar-refractivity contribution in [2.45, 2.75) is 71.9 Å². The summed E-state index contributed by atoms with van der Waals surface area (Å²) < 4.78 is 0. The number of hydrogen-bond donors (Lipinski definition) is 0. The molecule has 1 aliphatic rings. The van der Waals surface area contributed by atoms with E-state index in [2.05, 4.69) is 58.2 Å². The van der Waals surface area contributed by atoms with Crippen LogP contribution in [0.1, 0.15) is 84.6 Å². The number of fused-ring (bicyclic) bond motifs is 1. The van der Waals surface area contributed by atoms with E-state index in [1.165, 1.54) is 21.6 Å². The van der Waals surface area contributed by atoms with Gasteiger partial charge >= 0.3 is 0 Å². The second-order valence-electron chi connectivity index (χ2n) is 10.9. The maximum absolute atomic E-state index is 13.9. The number of amides is 2. The standard InChI is InChI=1S/C31H38N2O2S/c1-7-22(3)33(30(35)23-12-14-24(15-13-23)31(4,5)6)20-28(34)32-18-16-27-26(17-19-36-27)29(32)25-11-9-8-10-21(25)2/h8-15,17,19,22,29H,7,16,18,20H2,1-6H3. The van der Waals surface area contributed by atoms with Crippen LogP contribution in [0.4, 0.5) is 0 Å². The lowest BCUT2D eigenvalue weighted by molar-refractivity contribution is -0.134. The number of aryl methyl sites for hydroxylation is 1. The van der Waals surface area contributed by atoms with Gasteiger partial charge in [-0.25, -0.2) is 0 Å². The van der Waals surface area contributed by atoms with Gasteiger partial charge in [-0.05, 0) is 77.9 Å². The summed E-state index contributed by atoms with van der Waals surface area (Å²) >= 11 is 1.77. The van der Waals surface area contributed by atoms with Gasteiger partial charge in [-0.2, -0.15) is 0 Å². The molecule has 0 saturated carbocycles. The molecule has 0 spiro atoms. The Morgan fingerprint density at radius 2 is 1.75 bits per heavy atom. The van der Waals surface area contributed by atoms with E-state index in [9.17, 15) is 9.59 Å². The number of rotatable bonds is 6. The average Bonchev–Trinajstić information content (AvgIpc) is 3.35. The minimum atomic E-state index is -0.117. The molecule has 0 aliphatic carbocycles. The van der Waals surface area contributed by atoms with Crippen LogP contribution in [0.2, 0.25) is 0 Å². The van der Waals surface area contributed by atoms with E-state index in [1.54, 1.807) is 16.2 Å². The monoisotopic (exact) mass is 502 g/mol. The SMILES string of the molecule is CCC(C)N(CC(=O)N1CCc2sccc2C1c1ccccc1C)C(=O)c1ccc(C(C)(C)C)cc1. The van der Waals surface area contributed by atoms with E-state index in [4.69, 9.17) is 0 Å². The second-order valence-corrected chi connectivity index (χ2v) is 11.9. The zero-order chi connectivity index (χ0) is 26.0. The van der Waals surface area contributed by atoms with E-state index in [0.717, 1.165) is 18.4 Å². The number of hydrogen-bond acceptors (Lipinski definition) is 3. The van der Waals surface area contributed by atoms with E-state index in [0.29, 0.717) is 12.1 Å². The summed E-state index contributed by atoms with van der Waals surface area (Å²) in [6.45, 7) is 13.4. The third kappa shape index (κ3) is 5.27. The van der Waals surface area contributed by atoms with Crippen LogP contribution in [0.15, 0.2) is 60.0 Å². The topological polar surface area (TPSA) is 40.6 Å². The maximum atomic E-state index is 13.9. The summed E-state index contributed by atoms with van der Waals surface area (Å²) in [7, 11) is 0. The summed E-state index contributed by atoms with van der Waals surface area (Å²) in [4.78, 5) is 32.6. The molecule has 0 radical (unpaired) electrons. The Kier molecular flexibility index (Phi) is 7.70. The molecule has 4 rings (SSSR count). The highest BCUT2D eigenvalue weighted by atomic mass is 32.1. The van der Waals surface area contributed by atoms with E-state index < -0.39 is 0 Å². The molecule has 2 amide bonds. The molecular formula is C31H38N2O2S. The molecule has 2 heterocycles. The largest absolute Gasteiger partial charge is 0.330 e. The Morgan fingerprint density at radius 3 is 2.39 bits per heavy atom. The zero-order valence-corrected chi connectivity index (χ0v) is 23.2. The maximum Gasteiger partial charge on any atom is 0.254 e. The second kappa shape index (κ2) is 10.6. The van der Waals surface area contributed by atoms with Crippen molar-refractivity contribution < 1.29 is 9.59 Å². The first kappa shape index (κ1) is 26.2. The van der Waals surface area contributed by atoms with E-state index >= 15 is 0 Å². The van der Waals surface area contributed by atoms with Crippen molar-refractivity contribution in [3.63, 3.8) is 0 Å². The Hall–Kier alpha value is -2.92. The number of thiophene rings is 1. The average molecular weight is 503 g/mol. The Morgan fingerprint density at radius 1 is 1.06 bits per heavy atom. The molecule has 0 fully saturated rings. The predicted molar refractivity (Wildman–Crippen MR) is 149 cm³/mol. The van der Waals surface area contributed by atoms with Gasteiger partial charge in [0, 0.05) is 23.0 Å². The normalized spacial score (nSPS) is 16.4. The van der Waals surface area contributed by atoms with Crippen molar-refractivity contribution in [2.75, 3.05) is 13.1 Å². The number of nitrogens with zero attached hydrogens (tertiary/aromatic N) is 2. The van der Waals surface area contributed by atoms with Crippen LogP contribution in [-0.2, 0) is 16.6 Å². The van der Waals surface area contributed by atoms with Crippen molar-refractivity contribution in [3.8, 4) is 0 Å². The molecule has 2 atom stereocenters. The molecule has 1 aromatic heterocycles. The Labute approximate surface area is 219 Å². The van der Waals surface area contributed by atoms with E-state index in [-0.39, 0.29) is 35.9 Å². The molecule has 36 heavy (non-hydrogen) atoms. The molecule has 2 aromatic carbocycles. The number of benzene rings is 2. The Bertz CT molecular complexity index is 1220. The summed E-state index contributed by atoms with van der Waals surface area (Å²) in [6.07, 6.45) is 1.64. The summed E-state index contributed by atoms with van der Waals surface area (Å²) in [5, 5.41) is 2.13. The van der Waals surface area contributed by atoms with Crippen molar-refractivity contribution in [1.82, 2.24) is 9.80 Å². The number of carbonyl (C=O) groups excluding carboxylic acids is 2. The van der Waals surface area contributed by atoms with Crippen LogP contribution >= 0.6 is 11.3 Å². The minimum absolute atomic E-state index is 0.0000599. The van der Waals surface area contributed by atoms with Crippen LogP contribution in [0.5, 0.6) is 0 Å². The van der Waals surface area contributed by atoms with Gasteiger partial charge < -0.3 is 9.80 Å². The first-order valence-corrected chi connectivity index (χ1v) is 13.8. The lowest BCUT2D eigenvalue weighted by Crippen LogP contribution is -2.49. The quantitative estimate of drug-likeness (QED) is 0.373. The third-order valence-corrected chi connectivity index (χ3v) is 8.45. The van der Waals surface area contributed by atoms with Crippen molar-refractivity contribution >= 4 is 23.2 Å². The van der Waals surface area contributed by atoms with E-state index in [1.807, 2.05) is 48.2 Å². The van der Waals surface area contributed by atoms with Gasteiger partial charge in [-0.15, -0.1) is 11.3 Å². The van der Waals surface area contributed by atoms with Crippen molar-refractivity contribution in [1.29, 1.82) is 0 Å². The molecule has 2 unspecified atom stereocenters. The number of carbonyl (C=O) groups is 2. The van der Waals surface area contributed by atoms with Gasteiger partial charge in [-0.3, -0.25) is 9.59 Å². The fourth-order valence-electron chi connectivity index (χ4n) is 4.98. The van der Waals surface area contributed by atoms with Crippen LogP contribution in [0, 0.1) is 6.92 Å². The van der Waals surface area contributed by atoms with Crippen LogP contribution in [0.25, 0.3) is 0 Å². The third-order valence-electron chi connectivity index (χ3n) is 7.46. The molecule has 5 heteroatoms. The molecule has 0 saturated heterocycles. The zero-order valence-electron chi connectivity index (χ0n) is 22.4. The Balaban J connectivity index is 1.63. The summed E-state index contributed by atoms with van der Waals surface area (Å²) in [6, 6.07) is 18.2. The van der Waals surface area contributed by atoms with Gasteiger partial charge in [-0.1, -0.05) is 64.1 Å². The van der Waals surface area contributed by atoms with Crippen LogP contribution in [-0.4, -0.2) is 40.7 Å². The fraction of sp³-hybridized carbons (Fsp3) is 0.419.